The lowest BCUT2D eigenvalue weighted by Gasteiger charge is -2.24. The molecule has 1 aliphatic rings. The second kappa shape index (κ2) is 22.6. The van der Waals surface area contributed by atoms with Crippen LogP contribution in [0.2, 0.25) is 0 Å². The maximum absolute atomic E-state index is 12.8. The highest BCUT2D eigenvalue weighted by Gasteiger charge is 2.32. The Hall–Kier alpha value is -6.27. The molecule has 4 N–H and O–H groups in total. The van der Waals surface area contributed by atoms with Crippen molar-refractivity contribution < 1.29 is 19.1 Å². The van der Waals surface area contributed by atoms with E-state index in [4.69, 9.17) is 0 Å². The van der Waals surface area contributed by atoms with E-state index >= 15 is 0 Å². The Kier molecular flexibility index (Phi) is 16.8. The number of fused-ring (bicyclic) bond motifs is 1. The van der Waals surface area contributed by atoms with Gasteiger partial charge in [-0.15, -0.1) is 0 Å². The highest BCUT2D eigenvalue weighted by Crippen LogP contribution is 2.33. The van der Waals surface area contributed by atoms with Gasteiger partial charge in [0.05, 0.1) is 50.0 Å². The molecule has 0 aliphatic carbocycles. The fraction of sp³-hybridized carbons (Fsp3) is 0.340. The second-order valence-corrected chi connectivity index (χ2v) is 14.8. The summed E-state index contributed by atoms with van der Waals surface area (Å²) in [6, 6.07) is 33.4. The van der Waals surface area contributed by atoms with Crippen molar-refractivity contribution in [2.75, 3.05) is 47.4 Å². The van der Waals surface area contributed by atoms with Gasteiger partial charge in [-0.25, -0.2) is 14.8 Å². The Morgan fingerprint density at radius 3 is 2.03 bits per heavy atom. The van der Waals surface area contributed by atoms with Crippen molar-refractivity contribution in [2.45, 2.75) is 58.4 Å². The van der Waals surface area contributed by atoms with Gasteiger partial charge < -0.3 is 35.1 Å². The average molecular weight is 799 g/mol. The highest BCUT2D eigenvalue weighted by atomic mass is 16.5. The summed E-state index contributed by atoms with van der Waals surface area (Å²) in [7, 11) is 5.09. The SMILES string of the molecule is CCC.COC(=O)NCC(=O)NCCCCc1ncc(-c2ccc3cc(-c4ccc(-c5cnc(C6CCCN6C(=O)CN(C)C)[nH]5)cc4)ccc3c2)[nH]1.c1ccccc1. The zero-order valence-corrected chi connectivity index (χ0v) is 35.0. The number of aromatic nitrogens is 4. The van der Waals surface area contributed by atoms with Gasteiger partial charge in [-0.05, 0) is 79.4 Å². The Bertz CT molecular complexity index is 2190. The zero-order valence-electron chi connectivity index (χ0n) is 35.0. The minimum absolute atomic E-state index is 0.00750. The van der Waals surface area contributed by atoms with E-state index in [0.717, 1.165) is 94.7 Å². The van der Waals surface area contributed by atoms with Crippen LogP contribution in [0.15, 0.2) is 109 Å². The smallest absolute Gasteiger partial charge is 0.407 e. The van der Waals surface area contributed by atoms with Crippen molar-refractivity contribution in [1.82, 2.24) is 40.4 Å². The number of ether oxygens (including phenoxy) is 1. The third-order valence-corrected chi connectivity index (χ3v) is 9.65. The van der Waals surface area contributed by atoms with E-state index < -0.39 is 6.09 Å². The topological polar surface area (TPSA) is 148 Å². The van der Waals surface area contributed by atoms with E-state index in [1.165, 1.54) is 13.5 Å². The monoisotopic (exact) mass is 798 g/mol. The molecular weight excluding hydrogens is 741 g/mol. The van der Waals surface area contributed by atoms with Crippen molar-refractivity contribution in [3.05, 3.63) is 121 Å². The number of aryl methyl sites for hydroxylation is 1. The molecule has 0 bridgehead atoms. The Labute approximate surface area is 347 Å². The summed E-state index contributed by atoms with van der Waals surface area (Å²) in [6.07, 6.45) is 8.68. The maximum atomic E-state index is 12.8. The van der Waals surface area contributed by atoms with E-state index in [0.29, 0.717) is 13.1 Å². The van der Waals surface area contributed by atoms with Crippen LogP contribution in [0.1, 0.15) is 63.6 Å². The number of nitrogens with zero attached hydrogens (tertiary/aromatic N) is 4. The van der Waals surface area contributed by atoms with E-state index in [-0.39, 0.29) is 24.4 Å². The summed E-state index contributed by atoms with van der Waals surface area (Å²) in [4.78, 5) is 55.6. The molecule has 0 spiro atoms. The lowest BCUT2D eigenvalue weighted by Crippen LogP contribution is -2.37. The number of likely N-dealkylation sites (N-methyl/N-ethyl adjacent to an activating group) is 1. The molecule has 1 fully saturated rings. The minimum Gasteiger partial charge on any atom is -0.453 e. The number of nitrogens with one attached hydrogen (secondary N) is 4. The fourth-order valence-corrected chi connectivity index (χ4v) is 6.75. The predicted octanol–water partition coefficient (Wildman–Crippen LogP) is 8.41. The summed E-state index contributed by atoms with van der Waals surface area (Å²) >= 11 is 0. The van der Waals surface area contributed by atoms with Crippen LogP contribution in [0, 0.1) is 0 Å². The van der Waals surface area contributed by atoms with Crippen molar-refractivity contribution in [2.24, 2.45) is 0 Å². The lowest BCUT2D eigenvalue weighted by atomic mass is 9.98. The molecule has 7 rings (SSSR count). The number of carbonyl (C=O) groups excluding carboxylic acids is 3. The second-order valence-electron chi connectivity index (χ2n) is 14.8. The molecule has 0 saturated carbocycles. The molecule has 0 radical (unpaired) electrons. The van der Waals surface area contributed by atoms with Gasteiger partial charge in [0, 0.05) is 25.1 Å². The Balaban J connectivity index is 0.000000657. The Morgan fingerprint density at radius 2 is 1.37 bits per heavy atom. The number of benzene rings is 4. The zero-order chi connectivity index (χ0) is 42.0. The number of hydrogen-bond acceptors (Lipinski definition) is 7. The summed E-state index contributed by atoms with van der Waals surface area (Å²) in [5.41, 5.74) is 6.31. The molecule has 1 unspecified atom stereocenters. The van der Waals surface area contributed by atoms with E-state index in [9.17, 15) is 14.4 Å². The highest BCUT2D eigenvalue weighted by molar-refractivity contribution is 5.90. The van der Waals surface area contributed by atoms with Crippen molar-refractivity contribution in [3.63, 3.8) is 0 Å². The normalized spacial score (nSPS) is 13.3. The van der Waals surface area contributed by atoms with Gasteiger partial charge in [0.25, 0.3) is 0 Å². The molecule has 3 amide bonds. The first-order valence-electron chi connectivity index (χ1n) is 20.5. The number of carbonyl (C=O) groups is 3. The number of rotatable bonds is 13. The van der Waals surface area contributed by atoms with Crippen LogP contribution in [0.3, 0.4) is 0 Å². The molecular formula is C47H58N8O4. The van der Waals surface area contributed by atoms with E-state index in [1.54, 1.807) is 0 Å². The first-order chi connectivity index (χ1) is 28.7. The minimum atomic E-state index is -0.628. The lowest BCUT2D eigenvalue weighted by molar-refractivity contribution is -0.132. The van der Waals surface area contributed by atoms with Gasteiger partial charge in [-0.1, -0.05) is 105 Å². The molecule has 59 heavy (non-hydrogen) atoms. The van der Waals surface area contributed by atoms with E-state index in [2.05, 4.69) is 110 Å². The van der Waals surface area contributed by atoms with Crippen LogP contribution < -0.4 is 10.6 Å². The summed E-state index contributed by atoms with van der Waals surface area (Å²) in [5, 5.41) is 7.44. The molecule has 3 heterocycles. The van der Waals surface area contributed by atoms with Gasteiger partial charge in [0.2, 0.25) is 11.8 Å². The number of hydrogen-bond donors (Lipinski definition) is 4. The molecule has 6 aromatic rings. The predicted molar refractivity (Wildman–Crippen MR) is 236 cm³/mol. The quantitative estimate of drug-likeness (QED) is 0.0858. The molecule has 4 aromatic carbocycles. The van der Waals surface area contributed by atoms with Crippen molar-refractivity contribution in [3.8, 4) is 33.6 Å². The number of imidazole rings is 2. The third kappa shape index (κ3) is 13.1. The van der Waals surface area contributed by atoms with Gasteiger partial charge in [0.1, 0.15) is 11.6 Å². The van der Waals surface area contributed by atoms with Crippen LogP contribution in [0.5, 0.6) is 0 Å². The number of unbranched alkanes of at least 4 members (excludes halogenated alkanes) is 1. The first-order valence-corrected chi connectivity index (χ1v) is 20.5. The number of alkyl carbamates (subject to hydrolysis) is 1. The van der Waals surface area contributed by atoms with Crippen LogP contribution in [-0.2, 0) is 20.7 Å². The molecule has 310 valence electrons. The largest absolute Gasteiger partial charge is 0.453 e. The van der Waals surface area contributed by atoms with Crippen molar-refractivity contribution >= 4 is 28.7 Å². The van der Waals surface area contributed by atoms with Gasteiger partial charge >= 0.3 is 6.09 Å². The molecule has 2 aromatic heterocycles. The molecule has 12 nitrogen and oxygen atoms in total. The summed E-state index contributed by atoms with van der Waals surface area (Å²) < 4.78 is 4.46. The molecule has 1 atom stereocenters. The van der Waals surface area contributed by atoms with Crippen LogP contribution in [0.4, 0.5) is 4.79 Å². The maximum Gasteiger partial charge on any atom is 0.407 e. The van der Waals surface area contributed by atoms with E-state index in [1.807, 2.05) is 72.7 Å². The van der Waals surface area contributed by atoms with Crippen molar-refractivity contribution in [1.29, 1.82) is 0 Å². The number of methoxy groups -OCH3 is 1. The number of H-pyrrole nitrogens is 2. The molecule has 1 saturated heterocycles. The van der Waals surface area contributed by atoms with Crippen LogP contribution in [-0.4, -0.2) is 95.0 Å². The first kappa shape index (κ1) is 43.8. The number of aromatic amines is 2. The standard InChI is InChI=1S/C38H44N8O4.C6H6.C3H8/c1-45(2)24-36(48)46-18-6-7-33(46)37-41-22-31(44-37)26-11-9-25(10-12-26)27-13-14-29-20-30(16-15-28(29)19-27)32-21-40-34(43-32)8-4-5-17-39-35(47)23-42-38(49)50-3;1-2-4-6-5-3-1;1-3-2/h9-16,19-22,33H,4-8,17-18,23-24H2,1-3H3,(H,39,47)(H,40,43)(H,41,44)(H,42,49);1-6H;3H2,1-2H3. The third-order valence-electron chi connectivity index (χ3n) is 9.65. The van der Waals surface area contributed by atoms with Crippen LogP contribution in [0.25, 0.3) is 44.4 Å². The Morgan fingerprint density at radius 1 is 0.780 bits per heavy atom. The summed E-state index contributed by atoms with van der Waals surface area (Å²) in [6.45, 7) is 5.84. The average Bonchev–Trinajstić information content (AvgIpc) is 4.06. The van der Waals surface area contributed by atoms with Gasteiger partial charge in [-0.2, -0.15) is 0 Å². The fourth-order valence-electron chi connectivity index (χ4n) is 6.75. The van der Waals surface area contributed by atoms with Gasteiger partial charge in [-0.3, -0.25) is 9.59 Å². The van der Waals surface area contributed by atoms with Gasteiger partial charge in [0.15, 0.2) is 0 Å². The molecule has 1 aliphatic heterocycles. The molecule has 12 heteroatoms. The number of likely N-dealkylation sites (tertiary alicyclic amines) is 1. The van der Waals surface area contributed by atoms with Crippen LogP contribution >= 0.6 is 0 Å². The number of amides is 3. The summed E-state index contributed by atoms with van der Waals surface area (Å²) in [5.74, 6) is 1.64.